The first kappa shape index (κ1) is 12.2. The van der Waals surface area contributed by atoms with Crippen molar-refractivity contribution in [1.29, 1.82) is 0 Å². The third-order valence-corrected chi connectivity index (χ3v) is 2.35. The molecule has 1 aliphatic heterocycles. The quantitative estimate of drug-likeness (QED) is 0.665. The van der Waals surface area contributed by atoms with E-state index in [1.807, 2.05) is 0 Å². The minimum absolute atomic E-state index is 0.258. The summed E-state index contributed by atoms with van der Waals surface area (Å²) in [4.78, 5) is 10.6. The van der Waals surface area contributed by atoms with E-state index in [1.54, 1.807) is 13.8 Å². The highest BCUT2D eigenvalue weighted by molar-refractivity contribution is 5.72. The second kappa shape index (κ2) is 4.30. The number of hydrogen-bond acceptors (Lipinski definition) is 4. The van der Waals surface area contributed by atoms with Crippen LogP contribution in [0.1, 0.15) is 13.8 Å². The van der Waals surface area contributed by atoms with Crippen LogP contribution in [0.4, 0.5) is 0 Å². The van der Waals surface area contributed by atoms with Crippen LogP contribution >= 0.6 is 0 Å². The molecule has 2 N–H and O–H groups in total. The van der Waals surface area contributed by atoms with E-state index in [9.17, 15) is 9.90 Å². The van der Waals surface area contributed by atoms with Crippen LogP contribution in [-0.4, -0.2) is 40.8 Å². The van der Waals surface area contributed by atoms with E-state index in [4.69, 9.17) is 14.6 Å². The Morgan fingerprint density at radius 3 is 2.60 bits per heavy atom. The lowest BCUT2D eigenvalue weighted by atomic mass is 9.96. The molecule has 1 aliphatic rings. The molecule has 0 aliphatic carbocycles. The molecule has 15 heavy (non-hydrogen) atoms. The molecule has 0 aromatic carbocycles. The van der Waals surface area contributed by atoms with Gasteiger partial charge in [0.25, 0.3) is 0 Å². The Hall–Kier alpha value is -0.910. The van der Waals surface area contributed by atoms with Crippen molar-refractivity contribution in [1.82, 2.24) is 0 Å². The maximum atomic E-state index is 10.6. The fraction of sp³-hybridized carbons (Fsp3) is 0.700. The third-order valence-electron chi connectivity index (χ3n) is 2.35. The van der Waals surface area contributed by atoms with Crippen molar-refractivity contribution in [3.8, 4) is 0 Å². The molecule has 1 rings (SSSR count). The van der Waals surface area contributed by atoms with Crippen molar-refractivity contribution < 1.29 is 24.5 Å². The fourth-order valence-corrected chi connectivity index (χ4v) is 1.55. The van der Waals surface area contributed by atoms with Crippen LogP contribution in [0.2, 0.25) is 0 Å². The molecule has 1 fully saturated rings. The molecule has 1 saturated heterocycles. The van der Waals surface area contributed by atoms with E-state index in [2.05, 4.69) is 6.58 Å². The molecule has 3 atom stereocenters. The van der Waals surface area contributed by atoms with Gasteiger partial charge in [0.2, 0.25) is 0 Å². The lowest BCUT2D eigenvalue weighted by molar-refractivity contribution is -0.160. The van der Waals surface area contributed by atoms with Crippen molar-refractivity contribution in [3.05, 3.63) is 12.7 Å². The SMILES string of the molecule is C=CC(C(O)C(=O)O)[C@@H]1COC(C)(C)O1. The summed E-state index contributed by atoms with van der Waals surface area (Å²) in [5, 5.41) is 18.1. The van der Waals surface area contributed by atoms with Crippen LogP contribution in [0.5, 0.6) is 0 Å². The van der Waals surface area contributed by atoms with Gasteiger partial charge in [0.05, 0.1) is 12.7 Å². The van der Waals surface area contributed by atoms with Gasteiger partial charge in [0.1, 0.15) is 0 Å². The predicted molar refractivity (Wildman–Crippen MR) is 52.2 cm³/mol. The molecule has 0 aromatic rings. The topological polar surface area (TPSA) is 76.0 Å². The van der Waals surface area contributed by atoms with Crippen molar-refractivity contribution >= 4 is 5.97 Å². The molecule has 5 nitrogen and oxygen atoms in total. The van der Waals surface area contributed by atoms with Gasteiger partial charge in [0, 0.05) is 5.92 Å². The van der Waals surface area contributed by atoms with Crippen molar-refractivity contribution in [2.75, 3.05) is 6.61 Å². The Balaban J connectivity index is 2.69. The van der Waals surface area contributed by atoms with Gasteiger partial charge in [0.15, 0.2) is 11.9 Å². The van der Waals surface area contributed by atoms with Gasteiger partial charge in [-0.25, -0.2) is 4.79 Å². The number of ether oxygens (including phenoxy) is 2. The number of aliphatic carboxylic acids is 1. The number of hydrogen-bond donors (Lipinski definition) is 2. The van der Waals surface area contributed by atoms with E-state index in [-0.39, 0.29) is 6.61 Å². The summed E-state index contributed by atoms with van der Waals surface area (Å²) in [5.74, 6) is -2.68. The summed E-state index contributed by atoms with van der Waals surface area (Å²) in [6.45, 7) is 7.23. The molecule has 0 aromatic heterocycles. The number of aliphatic hydroxyl groups excluding tert-OH is 1. The molecule has 5 heteroatoms. The monoisotopic (exact) mass is 216 g/mol. The zero-order chi connectivity index (χ0) is 11.6. The van der Waals surface area contributed by atoms with Crippen molar-refractivity contribution in [2.24, 2.45) is 5.92 Å². The summed E-state index contributed by atoms with van der Waals surface area (Å²) in [5.41, 5.74) is 0. The molecule has 0 amide bonds. The Morgan fingerprint density at radius 1 is 1.67 bits per heavy atom. The summed E-state index contributed by atoms with van der Waals surface area (Å²) < 4.78 is 10.7. The summed E-state index contributed by atoms with van der Waals surface area (Å²) in [7, 11) is 0. The lowest BCUT2D eigenvalue weighted by Gasteiger charge is -2.23. The summed E-state index contributed by atoms with van der Waals surface area (Å²) >= 11 is 0. The van der Waals surface area contributed by atoms with Crippen molar-refractivity contribution in [3.63, 3.8) is 0 Å². The summed E-state index contributed by atoms with van der Waals surface area (Å²) in [6.07, 6.45) is -0.595. The van der Waals surface area contributed by atoms with E-state index < -0.39 is 29.9 Å². The first-order valence-electron chi connectivity index (χ1n) is 4.72. The van der Waals surface area contributed by atoms with Gasteiger partial charge in [-0.3, -0.25) is 0 Å². The first-order valence-corrected chi connectivity index (χ1v) is 4.72. The standard InChI is InChI=1S/C10H16O5/c1-4-6(8(11)9(12)13)7-5-14-10(2,3)15-7/h4,6-8,11H,1,5H2,2-3H3,(H,12,13)/t6?,7-,8?/m0/s1. The predicted octanol–water partition coefficient (Wildman–Crippen LogP) is 0.386. The number of aliphatic hydroxyl groups is 1. The highest BCUT2D eigenvalue weighted by Crippen LogP contribution is 2.28. The molecule has 0 radical (unpaired) electrons. The summed E-state index contributed by atoms with van der Waals surface area (Å²) in [6, 6.07) is 0. The molecular formula is C10H16O5. The van der Waals surface area contributed by atoms with Crippen LogP contribution in [0.15, 0.2) is 12.7 Å². The van der Waals surface area contributed by atoms with E-state index in [1.165, 1.54) is 6.08 Å². The Kier molecular flexibility index (Phi) is 3.49. The van der Waals surface area contributed by atoms with Gasteiger partial charge in [-0.2, -0.15) is 0 Å². The van der Waals surface area contributed by atoms with Gasteiger partial charge >= 0.3 is 5.97 Å². The van der Waals surface area contributed by atoms with E-state index >= 15 is 0 Å². The lowest BCUT2D eigenvalue weighted by Crippen LogP contribution is -2.38. The zero-order valence-corrected chi connectivity index (χ0v) is 8.84. The van der Waals surface area contributed by atoms with Crippen LogP contribution in [-0.2, 0) is 14.3 Å². The second-order valence-electron chi connectivity index (χ2n) is 3.96. The Morgan fingerprint density at radius 2 is 2.27 bits per heavy atom. The molecule has 2 unspecified atom stereocenters. The average Bonchev–Trinajstić information content (AvgIpc) is 2.47. The highest BCUT2D eigenvalue weighted by atomic mass is 16.7. The largest absolute Gasteiger partial charge is 0.479 e. The number of carboxylic acid groups (broad SMARTS) is 1. The van der Waals surface area contributed by atoms with Crippen molar-refractivity contribution in [2.45, 2.75) is 31.8 Å². The Labute approximate surface area is 88.3 Å². The highest BCUT2D eigenvalue weighted by Gasteiger charge is 2.40. The molecule has 0 spiro atoms. The minimum Gasteiger partial charge on any atom is -0.479 e. The van der Waals surface area contributed by atoms with Gasteiger partial charge < -0.3 is 19.7 Å². The van der Waals surface area contributed by atoms with E-state index in [0.29, 0.717) is 0 Å². The first-order chi connectivity index (χ1) is 6.87. The third kappa shape index (κ3) is 2.77. The van der Waals surface area contributed by atoms with Crippen LogP contribution in [0.25, 0.3) is 0 Å². The van der Waals surface area contributed by atoms with Crippen LogP contribution in [0, 0.1) is 5.92 Å². The smallest absolute Gasteiger partial charge is 0.333 e. The maximum absolute atomic E-state index is 10.6. The van der Waals surface area contributed by atoms with Crippen LogP contribution in [0.3, 0.4) is 0 Å². The van der Waals surface area contributed by atoms with E-state index in [0.717, 1.165) is 0 Å². The second-order valence-corrected chi connectivity index (χ2v) is 3.96. The number of carboxylic acids is 1. The number of rotatable bonds is 4. The van der Waals surface area contributed by atoms with Gasteiger partial charge in [-0.15, -0.1) is 6.58 Å². The van der Waals surface area contributed by atoms with Crippen LogP contribution < -0.4 is 0 Å². The minimum atomic E-state index is -1.51. The average molecular weight is 216 g/mol. The number of carbonyl (C=O) groups is 1. The molecule has 1 heterocycles. The van der Waals surface area contributed by atoms with Gasteiger partial charge in [-0.1, -0.05) is 6.08 Å². The normalized spacial score (nSPS) is 28.3. The molecule has 86 valence electrons. The maximum Gasteiger partial charge on any atom is 0.333 e. The molecular weight excluding hydrogens is 200 g/mol. The van der Waals surface area contributed by atoms with Gasteiger partial charge in [-0.05, 0) is 13.8 Å². The molecule has 0 saturated carbocycles. The fourth-order valence-electron chi connectivity index (χ4n) is 1.55. The Bertz CT molecular complexity index is 261. The molecule has 0 bridgehead atoms. The zero-order valence-electron chi connectivity index (χ0n) is 8.84.